The highest BCUT2D eigenvalue weighted by atomic mass is 32.1. The van der Waals surface area contributed by atoms with Gasteiger partial charge in [-0.2, -0.15) is 0 Å². The van der Waals surface area contributed by atoms with Crippen molar-refractivity contribution in [2.75, 3.05) is 26.3 Å². The van der Waals surface area contributed by atoms with E-state index in [4.69, 9.17) is 18.9 Å². The molecular weight excluding hydrogens is 562 g/mol. The van der Waals surface area contributed by atoms with E-state index in [1.165, 1.54) is 4.88 Å². The van der Waals surface area contributed by atoms with Gasteiger partial charge >= 0.3 is 6.09 Å². The van der Waals surface area contributed by atoms with Crippen LogP contribution in [0.3, 0.4) is 0 Å². The van der Waals surface area contributed by atoms with E-state index < -0.39 is 5.60 Å². The molecule has 0 spiro atoms. The van der Waals surface area contributed by atoms with Crippen molar-refractivity contribution in [3.8, 4) is 11.5 Å². The van der Waals surface area contributed by atoms with Crippen molar-refractivity contribution >= 4 is 28.2 Å². The Morgan fingerprint density at radius 3 is 2.56 bits per heavy atom. The van der Waals surface area contributed by atoms with Crippen molar-refractivity contribution in [1.29, 1.82) is 0 Å². The van der Waals surface area contributed by atoms with Gasteiger partial charge in [0, 0.05) is 23.8 Å². The maximum atomic E-state index is 12.9. The van der Waals surface area contributed by atoms with Gasteiger partial charge in [0.15, 0.2) is 0 Å². The molecule has 7 nitrogen and oxygen atoms in total. The van der Waals surface area contributed by atoms with Crippen LogP contribution in [-0.2, 0) is 27.4 Å². The van der Waals surface area contributed by atoms with Crippen LogP contribution in [0.4, 0.5) is 4.79 Å². The monoisotopic (exact) mass is 603 g/mol. The summed E-state index contributed by atoms with van der Waals surface area (Å²) >= 11 is 1.70. The van der Waals surface area contributed by atoms with E-state index in [1.54, 1.807) is 28.4 Å². The Hall–Kier alpha value is -3.59. The molecule has 3 aromatic carbocycles. The van der Waals surface area contributed by atoms with Crippen LogP contribution in [-0.4, -0.2) is 54.1 Å². The molecule has 1 saturated heterocycles. The van der Waals surface area contributed by atoms with Crippen molar-refractivity contribution in [2.24, 2.45) is 0 Å². The molecule has 43 heavy (non-hydrogen) atoms. The van der Waals surface area contributed by atoms with Crippen LogP contribution in [0.5, 0.6) is 11.5 Å². The summed E-state index contributed by atoms with van der Waals surface area (Å²) in [6, 6.07) is 23.8. The van der Waals surface area contributed by atoms with Crippen molar-refractivity contribution < 1.29 is 28.8 Å². The number of carbonyl (C=O) groups is 1. The summed E-state index contributed by atoms with van der Waals surface area (Å²) in [6.07, 6.45) is 1.05. The smallest absolute Gasteiger partial charge is 0.410 e. The number of aromatic hydroxyl groups is 1. The summed E-state index contributed by atoms with van der Waals surface area (Å²) in [6.45, 7) is 8.96. The average Bonchev–Trinajstić information content (AvgIpc) is 3.50. The van der Waals surface area contributed by atoms with Crippen molar-refractivity contribution in [1.82, 2.24) is 4.90 Å². The first-order valence-electron chi connectivity index (χ1n) is 14.9. The number of carbonyl (C=O) groups excluding carboxylic acids is 1. The van der Waals surface area contributed by atoms with Gasteiger partial charge in [-0.15, -0.1) is 11.3 Å². The fraction of sp³-hybridized carbons (Fsp3) is 0.400. The van der Waals surface area contributed by atoms with Gasteiger partial charge in [-0.3, -0.25) is 0 Å². The maximum Gasteiger partial charge on any atom is 0.410 e. The van der Waals surface area contributed by atoms with Crippen LogP contribution in [0.15, 0.2) is 78.2 Å². The minimum absolute atomic E-state index is 0.114. The first-order valence-corrected chi connectivity index (χ1v) is 15.8. The second-order valence-corrected chi connectivity index (χ2v) is 13.0. The number of phenols is 1. The lowest BCUT2D eigenvalue weighted by Crippen LogP contribution is -2.48. The Labute approximate surface area is 258 Å². The Kier molecular flexibility index (Phi) is 10.2. The SMILES string of the molecule is CC(C)(C)OC(=O)N1CCC(c2ccc(OCCCOCc3cccs3)cc2)C(OCc2ccc3ccc(O)cc3c2)C1. The molecule has 2 atom stereocenters. The lowest BCUT2D eigenvalue weighted by Gasteiger charge is -2.39. The third-order valence-corrected chi connectivity index (χ3v) is 8.25. The lowest BCUT2D eigenvalue weighted by atomic mass is 9.87. The zero-order valence-electron chi connectivity index (χ0n) is 25.2. The fourth-order valence-electron chi connectivity index (χ4n) is 5.27. The Balaban J connectivity index is 1.20. The summed E-state index contributed by atoms with van der Waals surface area (Å²) in [5.41, 5.74) is 1.60. The molecule has 2 unspecified atom stereocenters. The number of benzene rings is 3. The third kappa shape index (κ3) is 8.95. The molecule has 0 bridgehead atoms. The molecule has 0 aliphatic carbocycles. The first kappa shape index (κ1) is 30.9. The number of fused-ring (bicyclic) bond motifs is 1. The molecular formula is C35H41NO6S. The first-order chi connectivity index (χ1) is 20.7. The van der Waals surface area contributed by atoms with E-state index in [0.29, 0.717) is 39.5 Å². The number of hydrogen-bond acceptors (Lipinski definition) is 7. The van der Waals surface area contributed by atoms with E-state index in [1.807, 2.05) is 63.2 Å². The van der Waals surface area contributed by atoms with Gasteiger partial charge < -0.3 is 29.0 Å². The summed E-state index contributed by atoms with van der Waals surface area (Å²) < 4.78 is 23.9. The average molecular weight is 604 g/mol. The van der Waals surface area contributed by atoms with Crippen molar-refractivity contribution in [3.05, 3.63) is 94.2 Å². The number of hydrogen-bond donors (Lipinski definition) is 1. The number of amides is 1. The molecule has 8 heteroatoms. The molecule has 1 aliphatic heterocycles. The van der Waals surface area contributed by atoms with Gasteiger partial charge in [0.05, 0.1) is 39.1 Å². The van der Waals surface area contributed by atoms with Gasteiger partial charge in [0.1, 0.15) is 17.1 Å². The molecule has 1 aliphatic rings. The van der Waals surface area contributed by atoms with Crippen LogP contribution in [0.1, 0.15) is 55.5 Å². The van der Waals surface area contributed by atoms with E-state index >= 15 is 0 Å². The minimum Gasteiger partial charge on any atom is -0.508 e. The Morgan fingerprint density at radius 2 is 1.79 bits per heavy atom. The molecule has 0 saturated carbocycles. The number of nitrogens with zero attached hydrogens (tertiary/aromatic N) is 1. The second-order valence-electron chi connectivity index (χ2n) is 11.9. The predicted octanol–water partition coefficient (Wildman–Crippen LogP) is 7.90. The highest BCUT2D eigenvalue weighted by Gasteiger charge is 2.35. The molecule has 0 radical (unpaired) electrons. The Morgan fingerprint density at radius 1 is 0.977 bits per heavy atom. The highest BCUT2D eigenvalue weighted by molar-refractivity contribution is 7.09. The van der Waals surface area contributed by atoms with Crippen LogP contribution < -0.4 is 4.74 Å². The summed E-state index contributed by atoms with van der Waals surface area (Å²) in [5, 5.41) is 14.0. The predicted molar refractivity (Wildman–Crippen MR) is 170 cm³/mol. The van der Waals surface area contributed by atoms with Gasteiger partial charge in [-0.1, -0.05) is 36.4 Å². The van der Waals surface area contributed by atoms with E-state index in [9.17, 15) is 9.90 Å². The summed E-state index contributed by atoms with van der Waals surface area (Å²) in [4.78, 5) is 15.9. The molecule has 4 aromatic rings. The second kappa shape index (κ2) is 14.3. The van der Waals surface area contributed by atoms with Gasteiger partial charge in [-0.25, -0.2) is 4.79 Å². The number of phenolic OH excluding ortho intramolecular Hbond substituents is 1. The van der Waals surface area contributed by atoms with Gasteiger partial charge in [0.25, 0.3) is 0 Å². The minimum atomic E-state index is -0.563. The molecule has 228 valence electrons. The van der Waals surface area contributed by atoms with Crippen LogP contribution in [0.25, 0.3) is 10.8 Å². The quantitative estimate of drug-likeness (QED) is 0.176. The number of piperidine rings is 1. The zero-order valence-corrected chi connectivity index (χ0v) is 26.0. The zero-order chi connectivity index (χ0) is 30.2. The molecule has 1 aromatic heterocycles. The van der Waals surface area contributed by atoms with Crippen LogP contribution in [0.2, 0.25) is 0 Å². The van der Waals surface area contributed by atoms with Crippen molar-refractivity contribution in [3.63, 3.8) is 0 Å². The summed E-state index contributed by atoms with van der Waals surface area (Å²) in [5.74, 6) is 1.17. The largest absolute Gasteiger partial charge is 0.508 e. The molecule has 2 heterocycles. The number of likely N-dealkylation sites (tertiary alicyclic amines) is 1. The number of ether oxygens (including phenoxy) is 4. The standard InChI is InChI=1S/C35H41NO6S/c1-35(2,3)42-34(38)36-16-15-32(33(22-36)41-23-25-7-8-26-9-12-29(37)21-28(26)20-25)27-10-13-30(14-11-27)40-18-5-17-39-24-31-6-4-19-43-31/h4,6-14,19-21,32-33,37H,5,15-18,22-24H2,1-3H3. The van der Waals surface area contributed by atoms with E-state index in [-0.39, 0.29) is 23.9 Å². The summed E-state index contributed by atoms with van der Waals surface area (Å²) in [7, 11) is 0. The molecule has 1 fully saturated rings. The topological polar surface area (TPSA) is 77.5 Å². The highest BCUT2D eigenvalue weighted by Crippen LogP contribution is 2.33. The van der Waals surface area contributed by atoms with Gasteiger partial charge in [0.2, 0.25) is 0 Å². The van der Waals surface area contributed by atoms with E-state index in [2.05, 4.69) is 23.6 Å². The molecule has 1 N–H and O–H groups in total. The Bertz CT molecular complexity index is 1460. The number of rotatable bonds is 11. The van der Waals surface area contributed by atoms with Crippen molar-refractivity contribution in [2.45, 2.75) is 64.4 Å². The van der Waals surface area contributed by atoms with Crippen LogP contribution >= 0.6 is 11.3 Å². The van der Waals surface area contributed by atoms with Gasteiger partial charge in [-0.05, 0) is 90.9 Å². The molecule has 5 rings (SSSR count). The molecule has 1 amide bonds. The third-order valence-electron chi connectivity index (χ3n) is 7.40. The fourth-order valence-corrected chi connectivity index (χ4v) is 5.91. The van der Waals surface area contributed by atoms with Crippen LogP contribution in [0, 0.1) is 0 Å². The van der Waals surface area contributed by atoms with E-state index in [0.717, 1.165) is 40.5 Å². The lowest BCUT2D eigenvalue weighted by molar-refractivity contribution is -0.0359. The normalized spacial score (nSPS) is 17.2. The number of thiophene rings is 1. The maximum absolute atomic E-state index is 12.9.